The Morgan fingerprint density at radius 3 is 2.72 bits per heavy atom. The summed E-state index contributed by atoms with van der Waals surface area (Å²) in [7, 11) is 0. The summed E-state index contributed by atoms with van der Waals surface area (Å²) < 4.78 is 0. The van der Waals surface area contributed by atoms with Gasteiger partial charge in [0.2, 0.25) is 0 Å². The number of amidine groups is 1. The third kappa shape index (κ3) is 5.43. The van der Waals surface area contributed by atoms with Crippen LogP contribution in [0.3, 0.4) is 0 Å². The Balaban J connectivity index is 2.21. The monoisotopic (exact) mass is 329 g/mol. The minimum absolute atomic E-state index is 0.649. The molecule has 0 saturated heterocycles. The molecule has 0 aliphatic rings. The first-order valence-corrected chi connectivity index (χ1v) is 8.12. The molecule has 3 heteroatoms. The Morgan fingerprint density at radius 2 is 2.04 bits per heavy atom. The Morgan fingerprint density at radius 1 is 1.20 bits per heavy atom. The summed E-state index contributed by atoms with van der Waals surface area (Å²) in [5, 5.41) is 3.28. The maximum absolute atomic E-state index is 4.52. The molecule has 0 amide bonds. The van der Waals surface area contributed by atoms with E-state index in [-0.39, 0.29) is 0 Å². The second-order valence-corrected chi connectivity index (χ2v) is 5.44. The van der Waals surface area contributed by atoms with Crippen LogP contribution in [-0.4, -0.2) is 10.8 Å². The molecular formula is C22H23N3. The van der Waals surface area contributed by atoms with Crippen molar-refractivity contribution in [3.63, 3.8) is 0 Å². The SMILES string of the molecule is C=CC(=NC(=C)/C(C)=C/C=C\C)Nc1cccc(-c2ccccn2)c1. The second-order valence-electron chi connectivity index (χ2n) is 5.44. The van der Waals surface area contributed by atoms with E-state index in [4.69, 9.17) is 0 Å². The smallest absolute Gasteiger partial charge is 0.130 e. The van der Waals surface area contributed by atoms with Gasteiger partial charge < -0.3 is 5.32 Å². The largest absolute Gasteiger partial charge is 0.340 e. The first-order chi connectivity index (χ1) is 12.1. The number of nitrogens with one attached hydrogen (secondary N) is 1. The van der Waals surface area contributed by atoms with Crippen LogP contribution in [0.15, 0.2) is 102 Å². The lowest BCUT2D eigenvalue weighted by Gasteiger charge is -2.09. The molecule has 0 spiro atoms. The highest BCUT2D eigenvalue weighted by Crippen LogP contribution is 2.21. The fraction of sp³-hybridized carbons (Fsp3) is 0.0909. The van der Waals surface area contributed by atoms with Crippen LogP contribution >= 0.6 is 0 Å². The number of anilines is 1. The molecule has 0 aliphatic heterocycles. The highest BCUT2D eigenvalue weighted by molar-refractivity contribution is 6.04. The van der Waals surface area contributed by atoms with Crippen molar-refractivity contribution in [2.45, 2.75) is 13.8 Å². The van der Waals surface area contributed by atoms with Crippen molar-refractivity contribution in [1.29, 1.82) is 0 Å². The molecular weight excluding hydrogens is 306 g/mol. The maximum atomic E-state index is 4.52. The van der Waals surface area contributed by atoms with E-state index < -0.39 is 0 Å². The normalized spacial score (nSPS) is 12.2. The summed E-state index contributed by atoms with van der Waals surface area (Å²) >= 11 is 0. The molecule has 126 valence electrons. The van der Waals surface area contributed by atoms with Gasteiger partial charge in [-0.3, -0.25) is 4.98 Å². The number of aliphatic imine (C=N–C) groups is 1. The molecule has 25 heavy (non-hydrogen) atoms. The molecule has 0 radical (unpaired) electrons. The zero-order valence-corrected chi connectivity index (χ0v) is 14.7. The summed E-state index contributed by atoms with van der Waals surface area (Å²) in [5.74, 6) is 0.649. The highest BCUT2D eigenvalue weighted by Gasteiger charge is 2.02. The first-order valence-electron chi connectivity index (χ1n) is 8.12. The Labute approximate surface area is 149 Å². The zero-order chi connectivity index (χ0) is 18.1. The average molecular weight is 329 g/mol. The summed E-state index contributed by atoms with van der Waals surface area (Å²) in [6.45, 7) is 11.8. The lowest BCUT2D eigenvalue weighted by Crippen LogP contribution is -2.09. The van der Waals surface area contributed by atoms with Gasteiger partial charge in [-0.25, -0.2) is 4.99 Å². The van der Waals surface area contributed by atoms with Crippen molar-refractivity contribution in [2.24, 2.45) is 4.99 Å². The van der Waals surface area contributed by atoms with Gasteiger partial charge in [-0.1, -0.05) is 49.6 Å². The van der Waals surface area contributed by atoms with Gasteiger partial charge in [0.15, 0.2) is 0 Å². The van der Waals surface area contributed by atoms with Crippen molar-refractivity contribution in [3.05, 3.63) is 97.4 Å². The van der Waals surface area contributed by atoms with Crippen LogP contribution in [0.2, 0.25) is 0 Å². The van der Waals surface area contributed by atoms with Gasteiger partial charge in [0.25, 0.3) is 0 Å². The van der Waals surface area contributed by atoms with Gasteiger partial charge >= 0.3 is 0 Å². The van der Waals surface area contributed by atoms with Crippen molar-refractivity contribution in [2.75, 3.05) is 5.32 Å². The van der Waals surface area contributed by atoms with Gasteiger partial charge in [0.1, 0.15) is 5.84 Å². The number of rotatable bonds is 6. The summed E-state index contributed by atoms with van der Waals surface area (Å²) in [6, 6.07) is 13.9. The molecule has 0 saturated carbocycles. The van der Waals surface area contributed by atoms with Crippen molar-refractivity contribution in [3.8, 4) is 11.3 Å². The molecule has 0 bridgehead atoms. The molecule has 0 unspecified atom stereocenters. The Bertz CT molecular complexity index is 827. The van der Waals surface area contributed by atoms with Gasteiger partial charge in [0.05, 0.1) is 11.4 Å². The molecule has 1 aromatic carbocycles. The average Bonchev–Trinajstić information content (AvgIpc) is 2.66. The van der Waals surface area contributed by atoms with Crippen molar-refractivity contribution >= 4 is 11.5 Å². The lowest BCUT2D eigenvalue weighted by atomic mass is 10.1. The minimum atomic E-state index is 0.649. The molecule has 1 aromatic heterocycles. The molecule has 0 atom stereocenters. The summed E-state index contributed by atoms with van der Waals surface area (Å²) in [6.07, 6.45) is 9.38. The third-order valence-corrected chi connectivity index (χ3v) is 3.54. The van der Waals surface area contributed by atoms with Gasteiger partial charge in [0, 0.05) is 17.4 Å². The van der Waals surface area contributed by atoms with Crippen LogP contribution in [0.1, 0.15) is 13.8 Å². The van der Waals surface area contributed by atoms with E-state index in [1.165, 1.54) is 0 Å². The second kappa shape index (κ2) is 9.18. The van der Waals surface area contributed by atoms with Crippen LogP contribution < -0.4 is 5.32 Å². The van der Waals surface area contributed by atoms with E-state index in [0.717, 1.165) is 22.5 Å². The number of hydrogen-bond acceptors (Lipinski definition) is 2. The Kier molecular flexibility index (Phi) is 6.66. The Hall–Kier alpha value is -3.20. The van der Waals surface area contributed by atoms with Gasteiger partial charge in [-0.15, -0.1) is 0 Å². The van der Waals surface area contributed by atoms with Crippen LogP contribution in [0.5, 0.6) is 0 Å². The first kappa shape index (κ1) is 18.1. The maximum Gasteiger partial charge on any atom is 0.130 e. The van der Waals surface area contributed by atoms with Gasteiger partial charge in [-0.2, -0.15) is 0 Å². The highest BCUT2D eigenvalue weighted by atomic mass is 15.0. The van der Waals surface area contributed by atoms with Crippen LogP contribution in [0.25, 0.3) is 11.3 Å². The number of aromatic nitrogens is 1. The molecule has 2 aromatic rings. The molecule has 0 fully saturated rings. The molecule has 2 rings (SSSR count). The zero-order valence-electron chi connectivity index (χ0n) is 14.7. The number of hydrogen-bond donors (Lipinski definition) is 1. The summed E-state index contributed by atoms with van der Waals surface area (Å²) in [5.41, 5.74) is 4.59. The molecule has 3 nitrogen and oxygen atoms in total. The van der Waals surface area contributed by atoms with E-state index in [1.807, 2.05) is 74.5 Å². The van der Waals surface area contributed by atoms with Gasteiger partial charge in [-0.05, 0) is 49.8 Å². The summed E-state index contributed by atoms with van der Waals surface area (Å²) in [4.78, 5) is 8.90. The number of benzene rings is 1. The van der Waals surface area contributed by atoms with Crippen LogP contribution in [0, 0.1) is 0 Å². The molecule has 1 heterocycles. The number of nitrogens with zero attached hydrogens (tertiary/aromatic N) is 2. The van der Waals surface area contributed by atoms with Crippen molar-refractivity contribution < 1.29 is 0 Å². The predicted molar refractivity (Wildman–Crippen MR) is 109 cm³/mol. The lowest BCUT2D eigenvalue weighted by molar-refractivity contribution is 1.29. The third-order valence-electron chi connectivity index (χ3n) is 3.54. The quantitative estimate of drug-likeness (QED) is 0.414. The van der Waals surface area contributed by atoms with Crippen LogP contribution in [0.4, 0.5) is 5.69 Å². The van der Waals surface area contributed by atoms with E-state index in [1.54, 1.807) is 12.3 Å². The van der Waals surface area contributed by atoms with E-state index in [2.05, 4.69) is 28.5 Å². The standard InChI is InChI=1S/C22H23N3/c1-5-7-11-17(3)18(4)24-22(6-2)25-20-13-10-12-19(16-20)21-14-8-9-15-23-21/h5-16H,2,4H2,1,3H3,(H,24,25)/b7-5-,17-11+. The van der Waals surface area contributed by atoms with E-state index in [0.29, 0.717) is 11.5 Å². The number of allylic oxidation sites excluding steroid dienone is 4. The minimum Gasteiger partial charge on any atom is -0.340 e. The molecule has 1 N–H and O–H groups in total. The van der Waals surface area contributed by atoms with Crippen molar-refractivity contribution in [1.82, 2.24) is 4.98 Å². The fourth-order valence-corrected chi connectivity index (χ4v) is 2.13. The van der Waals surface area contributed by atoms with E-state index >= 15 is 0 Å². The number of pyridine rings is 1. The molecule has 0 aliphatic carbocycles. The topological polar surface area (TPSA) is 37.3 Å². The predicted octanol–water partition coefficient (Wildman–Crippen LogP) is 5.78. The fourth-order valence-electron chi connectivity index (χ4n) is 2.13. The van der Waals surface area contributed by atoms with E-state index in [9.17, 15) is 0 Å². The van der Waals surface area contributed by atoms with Crippen LogP contribution in [-0.2, 0) is 0 Å².